The first-order valence-electron chi connectivity index (χ1n) is 10.7. The van der Waals surface area contributed by atoms with Crippen LogP contribution in [0.25, 0.3) is 0 Å². The predicted molar refractivity (Wildman–Crippen MR) is 122 cm³/mol. The van der Waals surface area contributed by atoms with Crippen LogP contribution in [0.4, 0.5) is 0 Å². The lowest BCUT2D eigenvalue weighted by Crippen LogP contribution is -2.69. The number of rotatable bonds is 7. The van der Waals surface area contributed by atoms with Gasteiger partial charge in [0.15, 0.2) is 0 Å². The molecule has 29 heavy (non-hydrogen) atoms. The molecule has 3 rings (SSSR count). The number of nitrogens with zero attached hydrogens (tertiary/aromatic N) is 2. The molecule has 2 aromatic rings. The molecule has 4 nitrogen and oxygen atoms in total. The van der Waals surface area contributed by atoms with E-state index in [1.54, 1.807) is 12.0 Å². The number of amides is 1. The van der Waals surface area contributed by atoms with Gasteiger partial charge in [-0.3, -0.25) is 4.79 Å². The van der Waals surface area contributed by atoms with Gasteiger partial charge in [0.25, 0.3) is 8.32 Å². The fourth-order valence-electron chi connectivity index (χ4n) is 4.29. The van der Waals surface area contributed by atoms with Crippen molar-refractivity contribution in [2.24, 2.45) is 0 Å². The minimum absolute atomic E-state index is 0.0304. The molecule has 0 bridgehead atoms. The zero-order chi connectivity index (χ0) is 20.9. The monoisotopic (exact) mass is 410 g/mol. The Kier molecular flexibility index (Phi) is 6.93. The van der Waals surface area contributed by atoms with E-state index in [2.05, 4.69) is 74.2 Å². The van der Waals surface area contributed by atoms with E-state index in [9.17, 15) is 4.79 Å². The fraction of sp³-hybridized carbons (Fsp3) is 0.458. The largest absolute Gasteiger partial charge is 0.305 e. The van der Waals surface area contributed by atoms with Crippen LogP contribution in [-0.2, 0) is 9.32 Å². The highest BCUT2D eigenvalue weighted by atomic mass is 28.4. The van der Waals surface area contributed by atoms with Gasteiger partial charge < -0.3 is 9.43 Å². The first-order valence-corrected chi connectivity index (χ1v) is 12.6. The minimum atomic E-state index is -2.77. The summed E-state index contributed by atoms with van der Waals surface area (Å²) in [7, 11) is -2.77. The molecular weight excluding hydrogens is 376 g/mol. The van der Waals surface area contributed by atoms with Crippen molar-refractivity contribution in [3.05, 3.63) is 60.7 Å². The Bertz CT molecular complexity index is 744. The molecule has 0 unspecified atom stereocenters. The summed E-state index contributed by atoms with van der Waals surface area (Å²) < 4.78 is 6.89. The first kappa shape index (κ1) is 21.7. The van der Waals surface area contributed by atoms with Crippen LogP contribution in [-0.4, -0.2) is 50.4 Å². The molecule has 0 spiro atoms. The standard InChI is InChI=1S/C24H34N2O2Si/c1-21(27)26(20-19-25-17-11-12-18-25)28-29(24(2,3)4,22-13-7-5-8-14-22)23-15-9-6-10-16-23/h5-10,13-16H,11-12,17-20H2,1-4H3. The van der Waals surface area contributed by atoms with Gasteiger partial charge in [-0.2, -0.15) is 0 Å². The van der Waals surface area contributed by atoms with Gasteiger partial charge >= 0.3 is 0 Å². The Morgan fingerprint density at radius 1 is 0.966 bits per heavy atom. The molecule has 0 N–H and O–H groups in total. The molecule has 156 valence electrons. The minimum Gasteiger partial charge on any atom is -0.305 e. The van der Waals surface area contributed by atoms with Crippen LogP contribution in [0.15, 0.2) is 60.7 Å². The maximum absolute atomic E-state index is 12.6. The third kappa shape index (κ3) is 4.79. The second-order valence-electron chi connectivity index (χ2n) is 8.92. The van der Waals surface area contributed by atoms with E-state index in [0.29, 0.717) is 6.54 Å². The smallest absolute Gasteiger partial charge is 0.296 e. The molecule has 5 heteroatoms. The lowest BCUT2D eigenvalue weighted by molar-refractivity contribution is -0.157. The summed E-state index contributed by atoms with van der Waals surface area (Å²) in [6, 6.07) is 21.0. The highest BCUT2D eigenvalue weighted by molar-refractivity contribution is 6.99. The Labute approximate surface area is 176 Å². The second-order valence-corrected chi connectivity index (χ2v) is 13.1. The second kappa shape index (κ2) is 9.24. The summed E-state index contributed by atoms with van der Waals surface area (Å²) in [5.74, 6) is -0.0304. The third-order valence-electron chi connectivity index (χ3n) is 5.83. The normalized spacial score (nSPS) is 15.4. The van der Waals surface area contributed by atoms with Crippen LogP contribution in [0.1, 0.15) is 40.5 Å². The van der Waals surface area contributed by atoms with Crippen molar-refractivity contribution in [3.8, 4) is 0 Å². The van der Waals surface area contributed by atoms with Crippen molar-refractivity contribution in [3.63, 3.8) is 0 Å². The van der Waals surface area contributed by atoms with Crippen molar-refractivity contribution in [2.75, 3.05) is 26.2 Å². The Balaban J connectivity index is 2.02. The number of hydrogen-bond donors (Lipinski definition) is 0. The molecule has 0 saturated carbocycles. The molecule has 0 aromatic heterocycles. The number of hydroxylamine groups is 2. The van der Waals surface area contributed by atoms with E-state index in [1.807, 2.05) is 12.1 Å². The van der Waals surface area contributed by atoms with Crippen molar-refractivity contribution in [2.45, 2.75) is 45.6 Å². The van der Waals surface area contributed by atoms with Gasteiger partial charge in [0.05, 0.1) is 6.54 Å². The van der Waals surface area contributed by atoms with Gasteiger partial charge in [0, 0.05) is 13.5 Å². The van der Waals surface area contributed by atoms with Crippen LogP contribution in [0.3, 0.4) is 0 Å². The Hall–Kier alpha value is -1.95. The van der Waals surface area contributed by atoms with Gasteiger partial charge in [0.1, 0.15) is 0 Å². The first-order chi connectivity index (χ1) is 13.8. The van der Waals surface area contributed by atoms with Gasteiger partial charge in [0.2, 0.25) is 5.91 Å². The molecule has 1 amide bonds. The summed E-state index contributed by atoms with van der Waals surface area (Å²) >= 11 is 0. The lowest BCUT2D eigenvalue weighted by Gasteiger charge is -2.45. The summed E-state index contributed by atoms with van der Waals surface area (Å²) in [4.78, 5) is 15.0. The lowest BCUT2D eigenvalue weighted by atomic mass is 10.2. The van der Waals surface area contributed by atoms with E-state index in [-0.39, 0.29) is 10.9 Å². The van der Waals surface area contributed by atoms with E-state index in [4.69, 9.17) is 4.53 Å². The number of carbonyl (C=O) groups excluding carboxylic acids is 1. The fourth-order valence-corrected chi connectivity index (χ4v) is 8.72. The third-order valence-corrected chi connectivity index (χ3v) is 10.7. The van der Waals surface area contributed by atoms with Gasteiger partial charge in [-0.05, 0) is 41.3 Å². The molecule has 2 aromatic carbocycles. The number of hydrogen-bond acceptors (Lipinski definition) is 3. The van der Waals surface area contributed by atoms with Crippen molar-refractivity contribution < 1.29 is 9.32 Å². The summed E-state index contributed by atoms with van der Waals surface area (Å²) in [5.41, 5.74) is 0. The zero-order valence-electron chi connectivity index (χ0n) is 18.2. The van der Waals surface area contributed by atoms with E-state index >= 15 is 0 Å². The van der Waals surface area contributed by atoms with Crippen molar-refractivity contribution >= 4 is 24.6 Å². The molecule has 0 aliphatic carbocycles. The van der Waals surface area contributed by atoms with E-state index in [0.717, 1.165) is 19.6 Å². The van der Waals surface area contributed by atoms with Gasteiger partial charge in [-0.1, -0.05) is 81.4 Å². The van der Waals surface area contributed by atoms with Gasteiger partial charge in [-0.15, -0.1) is 0 Å². The quantitative estimate of drug-likeness (QED) is 0.518. The van der Waals surface area contributed by atoms with Crippen LogP contribution < -0.4 is 10.4 Å². The summed E-state index contributed by atoms with van der Waals surface area (Å²) in [6.07, 6.45) is 2.49. The molecule has 1 saturated heterocycles. The van der Waals surface area contributed by atoms with Crippen LogP contribution in [0, 0.1) is 0 Å². The maximum Gasteiger partial charge on any atom is 0.296 e. The molecule has 0 radical (unpaired) electrons. The topological polar surface area (TPSA) is 32.8 Å². The van der Waals surface area contributed by atoms with Crippen LogP contribution in [0.5, 0.6) is 0 Å². The average molecular weight is 411 g/mol. The Morgan fingerprint density at radius 3 is 1.86 bits per heavy atom. The number of likely N-dealkylation sites (tertiary alicyclic amines) is 1. The number of carbonyl (C=O) groups is 1. The molecule has 1 heterocycles. The van der Waals surface area contributed by atoms with Crippen molar-refractivity contribution in [1.82, 2.24) is 9.96 Å². The van der Waals surface area contributed by atoms with E-state index in [1.165, 1.54) is 23.2 Å². The van der Waals surface area contributed by atoms with Crippen molar-refractivity contribution in [1.29, 1.82) is 0 Å². The van der Waals surface area contributed by atoms with Crippen LogP contribution >= 0.6 is 0 Å². The summed E-state index contributed by atoms with van der Waals surface area (Å²) in [5, 5.41) is 3.85. The summed E-state index contributed by atoms with van der Waals surface area (Å²) in [6.45, 7) is 12.0. The van der Waals surface area contributed by atoms with Crippen LogP contribution in [0.2, 0.25) is 5.04 Å². The van der Waals surface area contributed by atoms with Gasteiger partial charge in [-0.25, -0.2) is 5.06 Å². The highest BCUT2D eigenvalue weighted by Gasteiger charge is 2.52. The predicted octanol–water partition coefficient (Wildman–Crippen LogP) is 3.42. The Morgan fingerprint density at radius 2 is 1.45 bits per heavy atom. The molecule has 1 fully saturated rings. The zero-order valence-corrected chi connectivity index (χ0v) is 19.2. The van der Waals surface area contributed by atoms with E-state index < -0.39 is 8.32 Å². The SMILES string of the molecule is CC(=O)N(CCN1CCCC1)O[Si](c1ccccc1)(c1ccccc1)C(C)(C)C. The molecule has 1 aliphatic rings. The molecular formula is C24H34N2O2Si. The average Bonchev–Trinajstić information content (AvgIpc) is 3.22. The highest BCUT2D eigenvalue weighted by Crippen LogP contribution is 2.37. The maximum atomic E-state index is 12.6. The molecule has 1 aliphatic heterocycles. The molecule has 0 atom stereocenters. The number of benzene rings is 2.